The minimum atomic E-state index is 0.367. The number of aryl methyl sites for hydroxylation is 1. The number of aromatic nitrogens is 3. The topological polar surface area (TPSA) is 51.1 Å². The van der Waals surface area contributed by atoms with Crippen LogP contribution in [0.25, 0.3) is 11.4 Å². The molecule has 4 heterocycles. The van der Waals surface area contributed by atoms with Gasteiger partial charge in [0.1, 0.15) is 5.82 Å². The molecular formula is C20H24N4O. The normalized spacial score (nSPS) is 27.2. The molecule has 5 rings (SSSR count). The van der Waals surface area contributed by atoms with Gasteiger partial charge >= 0.3 is 0 Å². The summed E-state index contributed by atoms with van der Waals surface area (Å²) in [5.41, 5.74) is 2.45. The molecule has 5 heteroatoms. The van der Waals surface area contributed by atoms with Gasteiger partial charge in [0.2, 0.25) is 0 Å². The second-order valence-electron chi connectivity index (χ2n) is 7.77. The maximum atomic E-state index is 6.09. The van der Waals surface area contributed by atoms with Crippen molar-refractivity contribution in [3.63, 3.8) is 0 Å². The fourth-order valence-electron chi connectivity index (χ4n) is 4.83. The molecule has 1 spiro atoms. The van der Waals surface area contributed by atoms with Crippen molar-refractivity contribution in [1.82, 2.24) is 15.0 Å². The Balaban J connectivity index is 1.49. The molecule has 2 aromatic rings. The van der Waals surface area contributed by atoms with Gasteiger partial charge in [-0.05, 0) is 44.7 Å². The van der Waals surface area contributed by atoms with E-state index in [1.807, 2.05) is 25.3 Å². The van der Waals surface area contributed by atoms with Crippen LogP contribution < -0.4 is 4.90 Å². The number of hydrogen-bond donors (Lipinski definition) is 0. The lowest BCUT2D eigenvalue weighted by atomic mass is 9.56. The molecule has 3 aliphatic rings. The third-order valence-electron chi connectivity index (χ3n) is 6.17. The van der Waals surface area contributed by atoms with Gasteiger partial charge in [-0.25, -0.2) is 9.97 Å². The maximum absolute atomic E-state index is 6.09. The van der Waals surface area contributed by atoms with Crippen LogP contribution in [0.2, 0.25) is 0 Å². The fourth-order valence-corrected chi connectivity index (χ4v) is 4.83. The number of nitrogens with zero attached hydrogens (tertiary/aromatic N) is 4. The number of anilines is 1. The highest BCUT2D eigenvalue weighted by atomic mass is 16.5. The lowest BCUT2D eigenvalue weighted by Gasteiger charge is -2.64. The Bertz CT molecular complexity index is 769. The van der Waals surface area contributed by atoms with Crippen LogP contribution in [-0.2, 0) is 4.74 Å². The minimum Gasteiger partial charge on any atom is -0.376 e. The Hall–Kier alpha value is -2.01. The Morgan fingerprint density at radius 1 is 1.24 bits per heavy atom. The Kier molecular flexibility index (Phi) is 3.52. The van der Waals surface area contributed by atoms with Crippen LogP contribution in [-0.4, -0.2) is 40.2 Å². The molecule has 0 bridgehead atoms. The van der Waals surface area contributed by atoms with Gasteiger partial charge in [0.25, 0.3) is 0 Å². The third-order valence-corrected chi connectivity index (χ3v) is 6.17. The highest BCUT2D eigenvalue weighted by Crippen LogP contribution is 2.56. The molecule has 3 fully saturated rings. The van der Waals surface area contributed by atoms with Crippen molar-refractivity contribution >= 4 is 5.82 Å². The van der Waals surface area contributed by atoms with E-state index in [1.165, 1.54) is 32.1 Å². The monoisotopic (exact) mass is 336 g/mol. The van der Waals surface area contributed by atoms with Crippen molar-refractivity contribution in [3.8, 4) is 11.4 Å². The number of hydrogen-bond acceptors (Lipinski definition) is 5. The molecule has 25 heavy (non-hydrogen) atoms. The first-order chi connectivity index (χ1) is 12.3. The Labute approximate surface area is 148 Å². The predicted octanol–water partition coefficient (Wildman–Crippen LogP) is 3.38. The van der Waals surface area contributed by atoms with Crippen LogP contribution >= 0.6 is 0 Å². The Morgan fingerprint density at radius 3 is 2.84 bits per heavy atom. The second kappa shape index (κ2) is 5.77. The summed E-state index contributed by atoms with van der Waals surface area (Å²) in [6.07, 6.45) is 10.4. The standard InChI is InChI=1S/C20H24N4O/c1-14-11-17(23-19(22-14)15-5-2-9-21-12-15)24-13-20(7-4-8-20)18(24)16-6-3-10-25-16/h2,5,9,11-12,16,18H,3-4,6-8,10,13H2,1H3. The molecular weight excluding hydrogens is 312 g/mol. The van der Waals surface area contributed by atoms with Crippen LogP contribution in [0.1, 0.15) is 37.8 Å². The van der Waals surface area contributed by atoms with E-state index in [1.54, 1.807) is 6.20 Å². The van der Waals surface area contributed by atoms with E-state index in [9.17, 15) is 0 Å². The van der Waals surface area contributed by atoms with Crippen molar-refractivity contribution in [1.29, 1.82) is 0 Å². The number of pyridine rings is 1. The largest absolute Gasteiger partial charge is 0.376 e. The van der Waals surface area contributed by atoms with Crippen LogP contribution in [0.15, 0.2) is 30.6 Å². The quantitative estimate of drug-likeness (QED) is 0.860. The summed E-state index contributed by atoms with van der Waals surface area (Å²) in [5.74, 6) is 1.81. The summed E-state index contributed by atoms with van der Waals surface area (Å²) in [4.78, 5) is 16.2. The molecule has 1 aliphatic carbocycles. The molecule has 2 aliphatic heterocycles. The minimum absolute atomic E-state index is 0.367. The number of ether oxygens (including phenoxy) is 1. The zero-order valence-electron chi connectivity index (χ0n) is 14.7. The van der Waals surface area contributed by atoms with Crippen molar-refractivity contribution in [2.24, 2.45) is 5.41 Å². The van der Waals surface area contributed by atoms with Gasteiger partial charge in [0, 0.05) is 48.3 Å². The highest BCUT2D eigenvalue weighted by Gasteiger charge is 2.59. The van der Waals surface area contributed by atoms with Crippen molar-refractivity contribution in [3.05, 3.63) is 36.3 Å². The zero-order valence-corrected chi connectivity index (χ0v) is 14.7. The predicted molar refractivity (Wildman–Crippen MR) is 96.4 cm³/mol. The number of rotatable bonds is 3. The third kappa shape index (κ3) is 2.44. The molecule has 0 amide bonds. The molecule has 2 aromatic heterocycles. The SMILES string of the molecule is Cc1cc(N2CC3(CCC3)C2C2CCCO2)nc(-c2cccnc2)n1. The smallest absolute Gasteiger partial charge is 0.163 e. The van der Waals surface area contributed by atoms with Crippen LogP contribution in [0.5, 0.6) is 0 Å². The molecule has 130 valence electrons. The van der Waals surface area contributed by atoms with E-state index >= 15 is 0 Å². The van der Waals surface area contributed by atoms with E-state index in [0.29, 0.717) is 17.6 Å². The van der Waals surface area contributed by atoms with Crippen LogP contribution in [0.3, 0.4) is 0 Å². The first-order valence-corrected chi connectivity index (χ1v) is 9.40. The van der Waals surface area contributed by atoms with Gasteiger partial charge in [-0.3, -0.25) is 4.98 Å². The molecule has 0 radical (unpaired) electrons. The average molecular weight is 336 g/mol. The summed E-state index contributed by atoms with van der Waals surface area (Å²) >= 11 is 0. The Morgan fingerprint density at radius 2 is 2.16 bits per heavy atom. The molecule has 0 N–H and O–H groups in total. The van der Waals surface area contributed by atoms with E-state index < -0.39 is 0 Å². The van der Waals surface area contributed by atoms with E-state index in [2.05, 4.69) is 20.9 Å². The maximum Gasteiger partial charge on any atom is 0.163 e. The summed E-state index contributed by atoms with van der Waals surface area (Å²) in [7, 11) is 0. The van der Waals surface area contributed by atoms with Gasteiger partial charge in [-0.1, -0.05) is 6.42 Å². The van der Waals surface area contributed by atoms with Gasteiger partial charge in [-0.15, -0.1) is 0 Å². The highest BCUT2D eigenvalue weighted by molar-refractivity contribution is 5.58. The van der Waals surface area contributed by atoms with E-state index in [-0.39, 0.29) is 0 Å². The molecule has 1 saturated carbocycles. The van der Waals surface area contributed by atoms with Crippen molar-refractivity contribution in [2.45, 2.75) is 51.2 Å². The van der Waals surface area contributed by atoms with Crippen molar-refractivity contribution < 1.29 is 4.74 Å². The lowest BCUT2D eigenvalue weighted by Crippen LogP contribution is -2.71. The summed E-state index contributed by atoms with van der Waals surface area (Å²) in [6.45, 7) is 4.07. The first-order valence-electron chi connectivity index (χ1n) is 9.40. The molecule has 5 nitrogen and oxygen atoms in total. The van der Waals surface area contributed by atoms with Crippen LogP contribution in [0, 0.1) is 12.3 Å². The first kappa shape index (κ1) is 15.3. The lowest BCUT2D eigenvalue weighted by molar-refractivity contribution is -0.0495. The zero-order chi connectivity index (χ0) is 16.9. The van der Waals surface area contributed by atoms with Gasteiger partial charge in [-0.2, -0.15) is 0 Å². The van der Waals surface area contributed by atoms with E-state index in [0.717, 1.165) is 36.1 Å². The summed E-state index contributed by atoms with van der Waals surface area (Å²) in [5, 5.41) is 0. The van der Waals surface area contributed by atoms with E-state index in [4.69, 9.17) is 9.72 Å². The molecule has 2 unspecified atom stereocenters. The van der Waals surface area contributed by atoms with Crippen molar-refractivity contribution in [2.75, 3.05) is 18.1 Å². The van der Waals surface area contributed by atoms with Gasteiger partial charge in [0.15, 0.2) is 5.82 Å². The molecule has 0 aromatic carbocycles. The molecule has 2 saturated heterocycles. The van der Waals surface area contributed by atoms with Gasteiger partial charge < -0.3 is 9.64 Å². The molecule has 2 atom stereocenters. The summed E-state index contributed by atoms with van der Waals surface area (Å²) < 4.78 is 6.09. The average Bonchev–Trinajstić information content (AvgIpc) is 3.06. The fraction of sp³-hybridized carbons (Fsp3) is 0.550. The summed E-state index contributed by atoms with van der Waals surface area (Å²) in [6, 6.07) is 6.56. The van der Waals surface area contributed by atoms with Gasteiger partial charge in [0.05, 0.1) is 12.1 Å². The van der Waals surface area contributed by atoms with Crippen LogP contribution in [0.4, 0.5) is 5.82 Å². The second-order valence-corrected chi connectivity index (χ2v) is 7.77.